The van der Waals surface area contributed by atoms with Crippen LogP contribution in [0.15, 0.2) is 12.4 Å². The predicted molar refractivity (Wildman–Crippen MR) is 74.5 cm³/mol. The van der Waals surface area contributed by atoms with Crippen LogP contribution in [0.2, 0.25) is 0 Å². The summed E-state index contributed by atoms with van der Waals surface area (Å²) >= 11 is 0. The molecule has 21 heavy (non-hydrogen) atoms. The number of carboxylic acid groups (broad SMARTS) is 1. The molecule has 1 saturated carbocycles. The highest BCUT2D eigenvalue weighted by molar-refractivity contribution is 5.84. The number of urea groups is 1. The summed E-state index contributed by atoms with van der Waals surface area (Å²) in [5.74, 6) is -0.450. The highest BCUT2D eigenvalue weighted by Crippen LogP contribution is 2.42. The third-order valence-corrected chi connectivity index (χ3v) is 4.76. The molecule has 3 N–H and O–H groups in total. The van der Waals surface area contributed by atoms with Crippen molar-refractivity contribution in [2.45, 2.75) is 38.3 Å². The van der Waals surface area contributed by atoms with Crippen LogP contribution in [0.4, 0.5) is 4.79 Å². The number of nitrogens with zero attached hydrogens (tertiary/aromatic N) is 2. The molecule has 2 heterocycles. The van der Waals surface area contributed by atoms with Gasteiger partial charge in [-0.2, -0.15) is 5.10 Å². The standard InChI is InChI=1S/C14H20N4O3/c1-8(10-5-15-16-6-10)17-14(21)18-7-9-3-2-4-11(9)12(18)13(19)20/h5-6,8-9,11-12H,2-4,7H2,1H3,(H,15,16)(H,17,21)(H,19,20). The van der Waals surface area contributed by atoms with Crippen molar-refractivity contribution < 1.29 is 14.7 Å². The zero-order valence-corrected chi connectivity index (χ0v) is 12.0. The van der Waals surface area contributed by atoms with E-state index in [1.165, 1.54) is 4.90 Å². The minimum Gasteiger partial charge on any atom is -0.480 e. The Kier molecular flexibility index (Phi) is 3.57. The number of aliphatic carboxylic acids is 1. The normalized spacial score (nSPS) is 29.2. The van der Waals surface area contributed by atoms with E-state index in [1.54, 1.807) is 12.4 Å². The Balaban J connectivity index is 1.70. The van der Waals surface area contributed by atoms with Crippen LogP contribution >= 0.6 is 0 Å². The first kappa shape index (κ1) is 13.9. The van der Waals surface area contributed by atoms with E-state index in [0.29, 0.717) is 12.5 Å². The number of aromatic amines is 1. The summed E-state index contributed by atoms with van der Waals surface area (Å²) < 4.78 is 0. The fourth-order valence-electron chi connectivity index (χ4n) is 3.68. The molecule has 0 bridgehead atoms. The maximum absolute atomic E-state index is 12.4. The summed E-state index contributed by atoms with van der Waals surface area (Å²) in [6.45, 7) is 2.40. The number of nitrogens with one attached hydrogen (secondary N) is 2. The van der Waals surface area contributed by atoms with Gasteiger partial charge in [-0.05, 0) is 31.6 Å². The molecule has 1 aliphatic carbocycles. The minimum absolute atomic E-state index is 0.109. The van der Waals surface area contributed by atoms with Gasteiger partial charge in [0.15, 0.2) is 0 Å². The Bertz CT molecular complexity index is 530. The van der Waals surface area contributed by atoms with E-state index in [4.69, 9.17) is 0 Å². The molecule has 1 aromatic heterocycles. The number of aromatic nitrogens is 2. The van der Waals surface area contributed by atoms with Crippen molar-refractivity contribution >= 4 is 12.0 Å². The quantitative estimate of drug-likeness (QED) is 0.783. The van der Waals surface area contributed by atoms with E-state index in [1.807, 2.05) is 6.92 Å². The van der Waals surface area contributed by atoms with Crippen molar-refractivity contribution in [1.29, 1.82) is 0 Å². The zero-order chi connectivity index (χ0) is 15.0. The number of likely N-dealkylation sites (tertiary alicyclic amines) is 1. The van der Waals surface area contributed by atoms with Crippen molar-refractivity contribution in [3.63, 3.8) is 0 Å². The SMILES string of the molecule is CC(NC(=O)N1CC2CCCC2C1C(=O)O)c1cn[nH]c1. The minimum atomic E-state index is -0.893. The van der Waals surface area contributed by atoms with E-state index in [9.17, 15) is 14.7 Å². The molecule has 0 spiro atoms. The lowest BCUT2D eigenvalue weighted by Crippen LogP contribution is -2.48. The van der Waals surface area contributed by atoms with E-state index in [2.05, 4.69) is 15.5 Å². The number of amides is 2. The Morgan fingerprint density at radius 1 is 1.52 bits per heavy atom. The van der Waals surface area contributed by atoms with Crippen LogP contribution < -0.4 is 5.32 Å². The third kappa shape index (κ3) is 2.48. The number of carboxylic acids is 1. The van der Waals surface area contributed by atoms with E-state index in [0.717, 1.165) is 24.8 Å². The molecule has 1 aliphatic heterocycles. The first-order valence-corrected chi connectivity index (χ1v) is 7.36. The number of rotatable bonds is 3. The molecule has 4 unspecified atom stereocenters. The smallest absolute Gasteiger partial charge is 0.326 e. The molecule has 7 heteroatoms. The summed E-state index contributed by atoms with van der Waals surface area (Å²) in [6, 6.07) is -1.19. The van der Waals surface area contributed by atoms with Crippen molar-refractivity contribution in [3.05, 3.63) is 18.0 Å². The molecule has 2 aliphatic rings. The maximum atomic E-state index is 12.4. The molecule has 0 radical (unpaired) electrons. The van der Waals surface area contributed by atoms with Crippen molar-refractivity contribution in [2.75, 3.05) is 6.54 Å². The Labute approximate surface area is 122 Å². The van der Waals surface area contributed by atoms with Crippen LogP contribution in [-0.2, 0) is 4.79 Å². The molecule has 2 fully saturated rings. The third-order valence-electron chi connectivity index (χ3n) is 4.76. The average Bonchev–Trinajstić information content (AvgIpc) is 3.14. The van der Waals surface area contributed by atoms with Gasteiger partial charge in [-0.25, -0.2) is 9.59 Å². The molecule has 2 amide bonds. The topological polar surface area (TPSA) is 98.3 Å². The number of hydrogen-bond donors (Lipinski definition) is 3. The average molecular weight is 292 g/mol. The van der Waals surface area contributed by atoms with Crippen LogP contribution in [0.3, 0.4) is 0 Å². The van der Waals surface area contributed by atoms with Gasteiger partial charge in [0.1, 0.15) is 6.04 Å². The monoisotopic (exact) mass is 292 g/mol. The van der Waals surface area contributed by atoms with Crippen molar-refractivity contribution in [3.8, 4) is 0 Å². The molecule has 0 aromatic carbocycles. The van der Waals surface area contributed by atoms with E-state index < -0.39 is 12.0 Å². The molecule has 7 nitrogen and oxygen atoms in total. The highest BCUT2D eigenvalue weighted by atomic mass is 16.4. The van der Waals surface area contributed by atoms with Gasteiger partial charge in [0.05, 0.1) is 12.2 Å². The zero-order valence-electron chi connectivity index (χ0n) is 12.0. The van der Waals surface area contributed by atoms with Gasteiger partial charge in [-0.3, -0.25) is 5.10 Å². The largest absolute Gasteiger partial charge is 0.480 e. The summed E-state index contributed by atoms with van der Waals surface area (Å²) in [4.78, 5) is 25.4. The number of carbonyl (C=O) groups is 2. The number of fused-ring (bicyclic) bond motifs is 1. The molecular weight excluding hydrogens is 272 g/mol. The molecule has 3 rings (SSSR count). The first-order chi connectivity index (χ1) is 10.1. The number of H-pyrrole nitrogens is 1. The van der Waals surface area contributed by atoms with Gasteiger partial charge in [-0.15, -0.1) is 0 Å². The molecule has 114 valence electrons. The van der Waals surface area contributed by atoms with E-state index >= 15 is 0 Å². The second-order valence-corrected chi connectivity index (χ2v) is 5.99. The van der Waals surface area contributed by atoms with Crippen LogP contribution in [0.1, 0.15) is 37.8 Å². The summed E-state index contributed by atoms with van der Waals surface area (Å²) in [5.41, 5.74) is 0.870. The molecule has 1 aromatic rings. The van der Waals surface area contributed by atoms with Gasteiger partial charge in [0.25, 0.3) is 0 Å². The number of hydrogen-bond acceptors (Lipinski definition) is 3. The van der Waals surface area contributed by atoms with Gasteiger partial charge >= 0.3 is 12.0 Å². The number of carbonyl (C=O) groups excluding carboxylic acids is 1. The Hall–Kier alpha value is -2.05. The maximum Gasteiger partial charge on any atom is 0.326 e. The summed E-state index contributed by atoms with van der Waals surface area (Å²) in [7, 11) is 0. The molecule has 4 atom stereocenters. The van der Waals surface area contributed by atoms with Crippen LogP contribution in [0.25, 0.3) is 0 Å². The lowest BCUT2D eigenvalue weighted by atomic mass is 9.94. The second kappa shape index (κ2) is 5.38. The summed E-state index contributed by atoms with van der Waals surface area (Å²) in [6.07, 6.45) is 6.37. The predicted octanol–water partition coefficient (Wildman–Crippen LogP) is 1.37. The van der Waals surface area contributed by atoms with Crippen LogP contribution in [0.5, 0.6) is 0 Å². The lowest BCUT2D eigenvalue weighted by Gasteiger charge is -2.26. The molecule has 1 saturated heterocycles. The van der Waals surface area contributed by atoms with Gasteiger partial charge in [0.2, 0.25) is 0 Å². The summed E-state index contributed by atoms with van der Waals surface area (Å²) in [5, 5.41) is 18.9. The van der Waals surface area contributed by atoms with Crippen LogP contribution in [0, 0.1) is 11.8 Å². The van der Waals surface area contributed by atoms with E-state index in [-0.39, 0.29) is 18.0 Å². The fourth-order valence-corrected chi connectivity index (χ4v) is 3.68. The van der Waals surface area contributed by atoms with Gasteiger partial charge in [-0.1, -0.05) is 6.42 Å². The fraction of sp³-hybridized carbons (Fsp3) is 0.643. The van der Waals surface area contributed by atoms with Gasteiger partial charge in [0, 0.05) is 18.3 Å². The highest BCUT2D eigenvalue weighted by Gasteiger charge is 2.49. The Morgan fingerprint density at radius 2 is 2.33 bits per heavy atom. The van der Waals surface area contributed by atoms with Crippen molar-refractivity contribution in [2.24, 2.45) is 11.8 Å². The Morgan fingerprint density at radius 3 is 3.00 bits per heavy atom. The molecular formula is C14H20N4O3. The first-order valence-electron chi connectivity index (χ1n) is 7.36. The lowest BCUT2D eigenvalue weighted by molar-refractivity contribution is -0.142. The second-order valence-electron chi connectivity index (χ2n) is 5.99. The van der Waals surface area contributed by atoms with Gasteiger partial charge < -0.3 is 15.3 Å². The van der Waals surface area contributed by atoms with Crippen molar-refractivity contribution in [1.82, 2.24) is 20.4 Å². The van der Waals surface area contributed by atoms with Crippen LogP contribution in [-0.4, -0.2) is 44.8 Å².